The summed E-state index contributed by atoms with van der Waals surface area (Å²) in [5, 5.41) is 1.18. The zero-order valence-corrected chi connectivity index (χ0v) is 12.5. The van der Waals surface area contributed by atoms with Crippen LogP contribution in [0.25, 0.3) is 11.0 Å². The fraction of sp³-hybridized carbons (Fsp3) is 0.294. The van der Waals surface area contributed by atoms with Crippen LogP contribution < -0.4 is 5.73 Å². The third-order valence-electron chi connectivity index (χ3n) is 3.54. The van der Waals surface area contributed by atoms with E-state index in [0.717, 1.165) is 30.0 Å². The van der Waals surface area contributed by atoms with Crippen LogP contribution in [0.3, 0.4) is 0 Å². The first-order valence-corrected chi connectivity index (χ1v) is 7.24. The number of hydrogen-bond acceptors (Lipinski definition) is 3. The Kier molecular flexibility index (Phi) is 3.71. The van der Waals surface area contributed by atoms with E-state index < -0.39 is 0 Å². The van der Waals surface area contributed by atoms with Crippen molar-refractivity contribution < 1.29 is 0 Å². The van der Waals surface area contributed by atoms with E-state index in [4.69, 9.17) is 5.73 Å². The predicted octanol–water partition coefficient (Wildman–Crippen LogP) is 2.68. The highest BCUT2D eigenvalue weighted by molar-refractivity contribution is 5.80. The van der Waals surface area contributed by atoms with Gasteiger partial charge in [0.25, 0.3) is 0 Å². The maximum absolute atomic E-state index is 5.96. The molecule has 3 aromatic heterocycles. The van der Waals surface area contributed by atoms with Crippen molar-refractivity contribution in [3.8, 4) is 0 Å². The van der Waals surface area contributed by atoms with Gasteiger partial charge >= 0.3 is 0 Å². The van der Waals surface area contributed by atoms with Crippen LogP contribution in [0.1, 0.15) is 23.9 Å². The second-order valence-electron chi connectivity index (χ2n) is 5.61. The van der Waals surface area contributed by atoms with E-state index in [1.54, 1.807) is 0 Å². The van der Waals surface area contributed by atoms with Crippen LogP contribution in [0.5, 0.6) is 0 Å². The second-order valence-corrected chi connectivity index (χ2v) is 5.61. The van der Waals surface area contributed by atoms with E-state index in [1.165, 1.54) is 10.9 Å². The van der Waals surface area contributed by atoms with Gasteiger partial charge in [0.2, 0.25) is 0 Å². The molecule has 0 aliphatic carbocycles. The van der Waals surface area contributed by atoms with Crippen LogP contribution in [0, 0.1) is 6.92 Å². The largest absolute Gasteiger partial charge is 0.328 e. The van der Waals surface area contributed by atoms with E-state index >= 15 is 0 Å². The summed E-state index contributed by atoms with van der Waals surface area (Å²) in [4.78, 5) is 9.09. The molecule has 0 radical (unpaired) electrons. The van der Waals surface area contributed by atoms with Crippen molar-refractivity contribution in [3.05, 3.63) is 59.7 Å². The zero-order valence-electron chi connectivity index (χ0n) is 12.5. The smallest absolute Gasteiger partial charge is 0.140 e. The molecular formula is C17H20N4. The van der Waals surface area contributed by atoms with E-state index in [0.29, 0.717) is 0 Å². The molecule has 0 aliphatic rings. The minimum absolute atomic E-state index is 0.140. The van der Waals surface area contributed by atoms with Gasteiger partial charge in [-0.05, 0) is 50.1 Å². The van der Waals surface area contributed by atoms with Gasteiger partial charge in [0.15, 0.2) is 0 Å². The first-order valence-electron chi connectivity index (χ1n) is 7.24. The molecule has 108 valence electrons. The first-order chi connectivity index (χ1) is 10.1. The van der Waals surface area contributed by atoms with Crippen molar-refractivity contribution in [2.75, 3.05) is 0 Å². The van der Waals surface area contributed by atoms with Crippen LogP contribution in [0.2, 0.25) is 0 Å². The van der Waals surface area contributed by atoms with Gasteiger partial charge in [0.1, 0.15) is 5.65 Å². The molecule has 1 atom stereocenters. The van der Waals surface area contributed by atoms with Gasteiger partial charge in [0.05, 0.1) is 12.2 Å². The van der Waals surface area contributed by atoms with Crippen molar-refractivity contribution >= 4 is 11.0 Å². The van der Waals surface area contributed by atoms with Gasteiger partial charge in [-0.3, -0.25) is 4.98 Å². The molecule has 0 spiro atoms. The molecule has 3 heterocycles. The fourth-order valence-electron chi connectivity index (χ4n) is 2.69. The number of fused-ring (bicyclic) bond motifs is 1. The standard InChI is InChI=1S/C17H20N4/c1-12(18)9-14-10-21(17-16(14)7-4-8-19-17)11-15-6-3-5-13(2)20-15/h3-8,10,12H,9,11,18H2,1-2H3. The average molecular weight is 280 g/mol. The van der Waals surface area contributed by atoms with Gasteiger partial charge in [-0.15, -0.1) is 0 Å². The predicted molar refractivity (Wildman–Crippen MR) is 85.2 cm³/mol. The molecule has 3 rings (SSSR count). The molecule has 0 amide bonds. The topological polar surface area (TPSA) is 56.7 Å². The third-order valence-corrected chi connectivity index (χ3v) is 3.54. The lowest BCUT2D eigenvalue weighted by Crippen LogP contribution is -2.17. The summed E-state index contributed by atoms with van der Waals surface area (Å²) in [5.74, 6) is 0. The summed E-state index contributed by atoms with van der Waals surface area (Å²) >= 11 is 0. The maximum Gasteiger partial charge on any atom is 0.140 e. The zero-order chi connectivity index (χ0) is 14.8. The van der Waals surface area contributed by atoms with Gasteiger partial charge in [-0.25, -0.2) is 4.98 Å². The van der Waals surface area contributed by atoms with Gasteiger partial charge < -0.3 is 10.3 Å². The van der Waals surface area contributed by atoms with Gasteiger partial charge in [-0.1, -0.05) is 6.07 Å². The molecule has 0 saturated heterocycles. The van der Waals surface area contributed by atoms with Crippen LogP contribution in [-0.4, -0.2) is 20.6 Å². The van der Waals surface area contributed by atoms with Crippen LogP contribution in [-0.2, 0) is 13.0 Å². The summed E-state index contributed by atoms with van der Waals surface area (Å²) in [5.41, 5.74) is 10.3. The lowest BCUT2D eigenvalue weighted by atomic mass is 10.1. The number of nitrogens with two attached hydrogens (primary N) is 1. The lowest BCUT2D eigenvalue weighted by molar-refractivity contribution is 0.732. The number of nitrogens with zero attached hydrogens (tertiary/aromatic N) is 3. The highest BCUT2D eigenvalue weighted by Crippen LogP contribution is 2.21. The molecule has 2 N–H and O–H groups in total. The third kappa shape index (κ3) is 2.95. The molecule has 0 aliphatic heterocycles. The van der Waals surface area contributed by atoms with Gasteiger partial charge in [0, 0.05) is 29.5 Å². The quantitative estimate of drug-likeness (QED) is 0.799. The lowest BCUT2D eigenvalue weighted by Gasteiger charge is -2.05. The normalized spacial score (nSPS) is 12.7. The number of aryl methyl sites for hydroxylation is 1. The molecule has 4 nitrogen and oxygen atoms in total. The fourth-order valence-corrected chi connectivity index (χ4v) is 2.69. The van der Waals surface area contributed by atoms with Gasteiger partial charge in [-0.2, -0.15) is 0 Å². The minimum Gasteiger partial charge on any atom is -0.328 e. The van der Waals surface area contributed by atoms with Crippen molar-refractivity contribution in [2.45, 2.75) is 32.9 Å². The van der Waals surface area contributed by atoms with E-state index in [1.807, 2.05) is 44.3 Å². The Labute approximate surface area is 124 Å². The van der Waals surface area contributed by atoms with E-state index in [9.17, 15) is 0 Å². The van der Waals surface area contributed by atoms with Crippen molar-refractivity contribution in [2.24, 2.45) is 5.73 Å². The highest BCUT2D eigenvalue weighted by Gasteiger charge is 2.11. The number of pyridine rings is 2. The average Bonchev–Trinajstić information content (AvgIpc) is 2.77. The Bertz CT molecular complexity index is 758. The summed E-state index contributed by atoms with van der Waals surface area (Å²) in [6.45, 7) is 4.77. The molecule has 0 saturated carbocycles. The number of hydrogen-bond donors (Lipinski definition) is 1. The van der Waals surface area contributed by atoms with Crippen molar-refractivity contribution in [1.29, 1.82) is 0 Å². The van der Waals surface area contributed by atoms with Crippen molar-refractivity contribution in [3.63, 3.8) is 0 Å². The number of aromatic nitrogens is 3. The highest BCUT2D eigenvalue weighted by atomic mass is 15.0. The molecule has 4 heteroatoms. The Balaban J connectivity index is 2.02. The Morgan fingerprint density at radius 3 is 2.86 bits per heavy atom. The SMILES string of the molecule is Cc1cccc(Cn2cc(CC(C)N)c3cccnc32)n1. The molecule has 0 aromatic carbocycles. The van der Waals surface area contributed by atoms with E-state index in [-0.39, 0.29) is 6.04 Å². The Morgan fingerprint density at radius 2 is 2.10 bits per heavy atom. The molecule has 0 fully saturated rings. The maximum atomic E-state index is 5.96. The first kappa shape index (κ1) is 13.8. The molecule has 1 unspecified atom stereocenters. The van der Waals surface area contributed by atoms with Crippen LogP contribution >= 0.6 is 0 Å². The summed E-state index contributed by atoms with van der Waals surface area (Å²) in [6, 6.07) is 10.3. The van der Waals surface area contributed by atoms with E-state index in [2.05, 4.69) is 26.8 Å². The Hall–Kier alpha value is -2.20. The molecule has 3 aromatic rings. The monoisotopic (exact) mass is 280 g/mol. The molecule has 0 bridgehead atoms. The second kappa shape index (κ2) is 5.66. The number of rotatable bonds is 4. The summed E-state index contributed by atoms with van der Waals surface area (Å²) in [7, 11) is 0. The minimum atomic E-state index is 0.140. The van der Waals surface area contributed by atoms with Crippen molar-refractivity contribution in [1.82, 2.24) is 14.5 Å². The summed E-state index contributed by atoms with van der Waals surface area (Å²) in [6.07, 6.45) is 4.85. The Morgan fingerprint density at radius 1 is 1.24 bits per heavy atom. The molecular weight excluding hydrogens is 260 g/mol. The van der Waals surface area contributed by atoms with Crippen LogP contribution in [0.15, 0.2) is 42.7 Å². The molecule has 21 heavy (non-hydrogen) atoms. The van der Waals surface area contributed by atoms with Crippen LogP contribution in [0.4, 0.5) is 0 Å². The summed E-state index contributed by atoms with van der Waals surface area (Å²) < 4.78 is 2.16.